The minimum atomic E-state index is -3.51. The number of nitrogens with one attached hydrogen (secondary N) is 2. The molecule has 0 spiro atoms. The molecule has 1 unspecified atom stereocenters. The lowest BCUT2D eigenvalue weighted by atomic mass is 10.0. The topological polar surface area (TPSA) is 78.5 Å². The minimum absolute atomic E-state index is 0.0779. The maximum atomic E-state index is 12.5. The van der Waals surface area contributed by atoms with Gasteiger partial charge in [0, 0.05) is 12.1 Å². The van der Waals surface area contributed by atoms with Gasteiger partial charge in [-0.25, -0.2) is 13.1 Å². The summed E-state index contributed by atoms with van der Waals surface area (Å²) in [6.45, 7) is 6.43. The number of benzene rings is 2. The van der Waals surface area contributed by atoms with Crippen LogP contribution in [-0.2, 0) is 10.0 Å². The first-order valence-electron chi connectivity index (χ1n) is 9.03. The largest absolute Gasteiger partial charge is 0.350 e. The van der Waals surface area contributed by atoms with Crippen molar-refractivity contribution in [2.24, 2.45) is 0 Å². The summed E-state index contributed by atoms with van der Waals surface area (Å²) < 4.78 is 25.8. The molecule has 2 aromatic rings. The van der Waals surface area contributed by atoms with Crippen LogP contribution in [0.2, 0.25) is 0 Å². The van der Waals surface area contributed by atoms with Crippen molar-refractivity contribution in [2.75, 3.05) is 26.7 Å². The average molecular weight is 390 g/mol. The van der Waals surface area contributed by atoms with Gasteiger partial charge in [0.25, 0.3) is 5.91 Å². The highest BCUT2D eigenvalue weighted by Crippen LogP contribution is 2.19. The molecule has 1 atom stereocenters. The van der Waals surface area contributed by atoms with Crippen LogP contribution in [0, 0.1) is 0 Å². The molecule has 2 rings (SSSR count). The Morgan fingerprint density at radius 2 is 1.59 bits per heavy atom. The van der Waals surface area contributed by atoms with E-state index in [-0.39, 0.29) is 16.8 Å². The van der Waals surface area contributed by atoms with Crippen molar-refractivity contribution in [1.82, 2.24) is 14.9 Å². The Kier molecular flexibility index (Phi) is 7.53. The van der Waals surface area contributed by atoms with E-state index in [0.717, 1.165) is 18.7 Å². The summed E-state index contributed by atoms with van der Waals surface area (Å²) in [6, 6.07) is 16.1. The number of sulfonamides is 1. The standard InChI is InChI=1S/C20H27N3O3S/c1-4-23(5-2)19(16-9-7-6-8-10-16)15-22-20(24)17-11-13-18(14-12-17)27(25,26)21-3/h6-14,19,21H,4-5,15H2,1-3H3,(H,22,24). The average Bonchev–Trinajstić information content (AvgIpc) is 2.71. The lowest BCUT2D eigenvalue weighted by molar-refractivity contribution is 0.0935. The normalized spacial score (nSPS) is 12.7. The Hall–Kier alpha value is -2.22. The first-order chi connectivity index (χ1) is 12.9. The van der Waals surface area contributed by atoms with Crippen LogP contribution in [0.25, 0.3) is 0 Å². The van der Waals surface area contributed by atoms with Crippen LogP contribution in [0.1, 0.15) is 35.8 Å². The summed E-state index contributed by atoms with van der Waals surface area (Å²) in [6.07, 6.45) is 0. The van der Waals surface area contributed by atoms with E-state index in [1.54, 1.807) is 0 Å². The summed E-state index contributed by atoms with van der Waals surface area (Å²) in [5.74, 6) is -0.225. The van der Waals surface area contributed by atoms with Crippen molar-refractivity contribution in [3.05, 3.63) is 65.7 Å². The van der Waals surface area contributed by atoms with Gasteiger partial charge >= 0.3 is 0 Å². The van der Waals surface area contributed by atoms with E-state index >= 15 is 0 Å². The molecule has 6 nitrogen and oxygen atoms in total. The molecule has 0 fully saturated rings. The van der Waals surface area contributed by atoms with Crippen molar-refractivity contribution in [3.8, 4) is 0 Å². The number of hydrogen-bond donors (Lipinski definition) is 2. The smallest absolute Gasteiger partial charge is 0.251 e. The number of amides is 1. The Morgan fingerprint density at radius 1 is 1.00 bits per heavy atom. The van der Waals surface area contributed by atoms with Crippen LogP contribution in [0.15, 0.2) is 59.5 Å². The zero-order valence-corrected chi connectivity index (χ0v) is 16.8. The number of hydrogen-bond acceptors (Lipinski definition) is 4. The second-order valence-corrected chi connectivity index (χ2v) is 7.98. The zero-order chi connectivity index (χ0) is 19.9. The van der Waals surface area contributed by atoms with Gasteiger partial charge in [-0.1, -0.05) is 44.2 Å². The second-order valence-electron chi connectivity index (χ2n) is 6.09. The van der Waals surface area contributed by atoms with E-state index < -0.39 is 10.0 Å². The number of nitrogens with zero attached hydrogens (tertiary/aromatic N) is 1. The fourth-order valence-electron chi connectivity index (χ4n) is 2.99. The lowest BCUT2D eigenvalue weighted by Crippen LogP contribution is -2.38. The number of rotatable bonds is 9. The molecule has 2 N–H and O–H groups in total. The fourth-order valence-corrected chi connectivity index (χ4v) is 3.72. The van der Waals surface area contributed by atoms with Gasteiger partial charge in [0.15, 0.2) is 0 Å². The van der Waals surface area contributed by atoms with E-state index in [2.05, 4.69) is 40.9 Å². The van der Waals surface area contributed by atoms with Crippen LogP contribution < -0.4 is 10.0 Å². The van der Waals surface area contributed by atoms with Gasteiger partial charge in [0.05, 0.1) is 10.9 Å². The monoisotopic (exact) mass is 389 g/mol. The molecule has 7 heteroatoms. The van der Waals surface area contributed by atoms with Crippen molar-refractivity contribution in [3.63, 3.8) is 0 Å². The van der Waals surface area contributed by atoms with Gasteiger partial charge in [-0.3, -0.25) is 9.69 Å². The van der Waals surface area contributed by atoms with Crippen molar-refractivity contribution in [2.45, 2.75) is 24.8 Å². The highest BCUT2D eigenvalue weighted by molar-refractivity contribution is 7.89. The van der Waals surface area contributed by atoms with Crippen LogP contribution in [-0.4, -0.2) is 45.9 Å². The quantitative estimate of drug-likeness (QED) is 0.690. The van der Waals surface area contributed by atoms with Gasteiger partial charge in [-0.2, -0.15) is 0 Å². The summed E-state index contributed by atoms with van der Waals surface area (Å²) in [7, 11) is -2.15. The summed E-state index contributed by atoms with van der Waals surface area (Å²) >= 11 is 0. The molecule has 0 aliphatic heterocycles. The number of likely N-dealkylation sites (N-methyl/N-ethyl adjacent to an activating group) is 1. The Labute approximate surface area is 161 Å². The second kappa shape index (κ2) is 9.64. The molecular weight excluding hydrogens is 362 g/mol. The van der Waals surface area contributed by atoms with Crippen LogP contribution >= 0.6 is 0 Å². The molecule has 0 aliphatic rings. The Bertz CT molecular complexity index is 833. The van der Waals surface area contributed by atoms with E-state index in [9.17, 15) is 13.2 Å². The first-order valence-corrected chi connectivity index (χ1v) is 10.5. The summed E-state index contributed by atoms with van der Waals surface area (Å²) in [5.41, 5.74) is 1.58. The fraction of sp³-hybridized carbons (Fsp3) is 0.350. The van der Waals surface area contributed by atoms with Crippen LogP contribution in [0.4, 0.5) is 0 Å². The van der Waals surface area contributed by atoms with Gasteiger partial charge in [-0.15, -0.1) is 0 Å². The molecule has 0 radical (unpaired) electrons. The minimum Gasteiger partial charge on any atom is -0.350 e. The molecule has 0 aromatic heterocycles. The maximum absolute atomic E-state index is 12.5. The van der Waals surface area contributed by atoms with Gasteiger partial charge in [0.1, 0.15) is 0 Å². The molecule has 146 valence electrons. The first kappa shape index (κ1) is 21.1. The molecule has 1 amide bonds. The van der Waals surface area contributed by atoms with Gasteiger partial charge in [-0.05, 0) is 50.0 Å². The molecule has 2 aromatic carbocycles. The van der Waals surface area contributed by atoms with E-state index in [1.807, 2.05) is 18.2 Å². The SMILES string of the molecule is CCN(CC)C(CNC(=O)c1ccc(S(=O)(=O)NC)cc1)c1ccccc1. The third-order valence-corrected chi connectivity index (χ3v) is 6.02. The predicted molar refractivity (Wildman–Crippen MR) is 107 cm³/mol. The predicted octanol–water partition coefficient (Wildman–Crippen LogP) is 2.41. The number of carbonyl (C=O) groups excluding carboxylic acids is 1. The van der Waals surface area contributed by atoms with E-state index in [4.69, 9.17) is 0 Å². The summed E-state index contributed by atoms with van der Waals surface area (Å²) in [5, 5.41) is 2.97. The zero-order valence-electron chi connectivity index (χ0n) is 16.0. The highest BCUT2D eigenvalue weighted by Gasteiger charge is 2.19. The molecule has 0 bridgehead atoms. The van der Waals surface area contributed by atoms with Gasteiger partial charge in [0.2, 0.25) is 10.0 Å². The van der Waals surface area contributed by atoms with E-state index in [0.29, 0.717) is 12.1 Å². The van der Waals surface area contributed by atoms with Crippen LogP contribution in [0.5, 0.6) is 0 Å². The molecule has 27 heavy (non-hydrogen) atoms. The third kappa shape index (κ3) is 5.38. The molecule has 0 heterocycles. The van der Waals surface area contributed by atoms with Gasteiger partial charge < -0.3 is 5.32 Å². The molecule has 0 saturated carbocycles. The van der Waals surface area contributed by atoms with Crippen LogP contribution in [0.3, 0.4) is 0 Å². The number of carbonyl (C=O) groups is 1. The van der Waals surface area contributed by atoms with Crippen molar-refractivity contribution in [1.29, 1.82) is 0 Å². The molecular formula is C20H27N3O3S. The molecule has 0 aliphatic carbocycles. The highest BCUT2D eigenvalue weighted by atomic mass is 32.2. The van der Waals surface area contributed by atoms with E-state index in [1.165, 1.54) is 31.3 Å². The maximum Gasteiger partial charge on any atom is 0.251 e. The molecule has 0 saturated heterocycles. The Balaban J connectivity index is 2.11. The Morgan fingerprint density at radius 3 is 2.11 bits per heavy atom. The lowest BCUT2D eigenvalue weighted by Gasteiger charge is -2.30. The summed E-state index contributed by atoms with van der Waals surface area (Å²) in [4.78, 5) is 14.9. The third-order valence-electron chi connectivity index (χ3n) is 4.59. The van der Waals surface area contributed by atoms with Crippen molar-refractivity contribution >= 4 is 15.9 Å². The van der Waals surface area contributed by atoms with Crippen molar-refractivity contribution < 1.29 is 13.2 Å².